The maximum absolute atomic E-state index is 5.98. The lowest BCUT2D eigenvalue weighted by Crippen LogP contribution is -2.42. The van der Waals surface area contributed by atoms with Crippen molar-refractivity contribution in [3.05, 3.63) is 53.6 Å². The van der Waals surface area contributed by atoms with Gasteiger partial charge in [-0.15, -0.1) is 0 Å². The minimum atomic E-state index is 0.217. The van der Waals surface area contributed by atoms with Crippen LogP contribution in [0.4, 0.5) is 0 Å². The number of ether oxygens (including phenoxy) is 4. The van der Waals surface area contributed by atoms with E-state index >= 15 is 0 Å². The first-order valence-electron chi connectivity index (χ1n) is 9.15. The molecule has 1 atom stereocenters. The van der Waals surface area contributed by atoms with Gasteiger partial charge in [-0.2, -0.15) is 0 Å². The summed E-state index contributed by atoms with van der Waals surface area (Å²) in [7, 11) is 1.69. The fourth-order valence-corrected chi connectivity index (χ4v) is 3.52. The predicted molar refractivity (Wildman–Crippen MR) is 99.1 cm³/mol. The zero-order valence-electron chi connectivity index (χ0n) is 15.1. The summed E-state index contributed by atoms with van der Waals surface area (Å²) in [6.07, 6.45) is 1.14. The first-order chi connectivity index (χ1) is 12.8. The lowest BCUT2D eigenvalue weighted by molar-refractivity contribution is -0.0305. The predicted octanol–water partition coefficient (Wildman–Crippen LogP) is 2.91. The summed E-state index contributed by atoms with van der Waals surface area (Å²) in [5.41, 5.74) is 2.52. The molecule has 2 aromatic carbocycles. The lowest BCUT2D eigenvalue weighted by atomic mass is 10.1. The SMILES string of the molecule is COc1ccc(C[C@@H]2CN(Cc3ccc4c(c3)OCCO4)CCO2)cc1. The second-order valence-electron chi connectivity index (χ2n) is 6.76. The van der Waals surface area contributed by atoms with Gasteiger partial charge >= 0.3 is 0 Å². The molecule has 0 bridgehead atoms. The maximum atomic E-state index is 5.98. The van der Waals surface area contributed by atoms with E-state index in [0.29, 0.717) is 13.2 Å². The summed E-state index contributed by atoms with van der Waals surface area (Å²) < 4.78 is 22.5. The topological polar surface area (TPSA) is 40.2 Å². The van der Waals surface area contributed by atoms with Crippen LogP contribution >= 0.6 is 0 Å². The number of nitrogens with zero attached hydrogens (tertiary/aromatic N) is 1. The van der Waals surface area contributed by atoms with Crippen molar-refractivity contribution in [1.29, 1.82) is 0 Å². The molecule has 0 aliphatic carbocycles. The van der Waals surface area contributed by atoms with Crippen LogP contribution in [-0.2, 0) is 17.7 Å². The van der Waals surface area contributed by atoms with Crippen LogP contribution in [0.1, 0.15) is 11.1 Å². The van der Waals surface area contributed by atoms with Crippen LogP contribution in [0.15, 0.2) is 42.5 Å². The Kier molecular flexibility index (Phi) is 5.27. The molecule has 0 amide bonds. The Balaban J connectivity index is 1.35. The van der Waals surface area contributed by atoms with E-state index in [9.17, 15) is 0 Å². The van der Waals surface area contributed by atoms with Gasteiger partial charge in [0.25, 0.3) is 0 Å². The molecule has 1 saturated heterocycles. The van der Waals surface area contributed by atoms with E-state index in [2.05, 4.69) is 29.2 Å². The second kappa shape index (κ2) is 7.98. The molecule has 5 nitrogen and oxygen atoms in total. The van der Waals surface area contributed by atoms with E-state index in [1.54, 1.807) is 7.11 Å². The van der Waals surface area contributed by atoms with Gasteiger partial charge in [0.1, 0.15) is 19.0 Å². The zero-order valence-corrected chi connectivity index (χ0v) is 15.1. The van der Waals surface area contributed by atoms with Gasteiger partial charge in [-0.1, -0.05) is 18.2 Å². The van der Waals surface area contributed by atoms with Crippen LogP contribution in [0.3, 0.4) is 0 Å². The molecule has 0 N–H and O–H groups in total. The molecule has 138 valence electrons. The van der Waals surface area contributed by atoms with Crippen LogP contribution in [0, 0.1) is 0 Å². The molecule has 4 rings (SSSR count). The number of morpholine rings is 1. The summed E-state index contributed by atoms with van der Waals surface area (Å²) >= 11 is 0. The standard InChI is InChI=1S/C21H25NO4/c1-23-18-5-2-16(3-6-18)12-19-15-22(8-9-24-19)14-17-4-7-20-21(13-17)26-11-10-25-20/h2-7,13,19H,8-12,14-15H2,1H3/t19-/m1/s1. The van der Waals surface area contributed by atoms with Gasteiger partial charge in [-0.05, 0) is 41.8 Å². The average molecular weight is 355 g/mol. The molecule has 26 heavy (non-hydrogen) atoms. The molecule has 2 heterocycles. The van der Waals surface area contributed by atoms with Crippen molar-refractivity contribution < 1.29 is 18.9 Å². The van der Waals surface area contributed by atoms with Crippen LogP contribution in [-0.4, -0.2) is 51.0 Å². The van der Waals surface area contributed by atoms with Gasteiger partial charge in [0, 0.05) is 19.6 Å². The van der Waals surface area contributed by atoms with Crippen molar-refractivity contribution >= 4 is 0 Å². The Morgan fingerprint density at radius 1 is 0.962 bits per heavy atom. The van der Waals surface area contributed by atoms with Gasteiger partial charge < -0.3 is 18.9 Å². The third-order valence-corrected chi connectivity index (χ3v) is 4.86. The third kappa shape index (κ3) is 4.11. The van der Waals surface area contributed by atoms with Crippen LogP contribution in [0.2, 0.25) is 0 Å². The van der Waals surface area contributed by atoms with Crippen molar-refractivity contribution in [2.75, 3.05) is 40.0 Å². The van der Waals surface area contributed by atoms with Gasteiger partial charge in [-0.25, -0.2) is 0 Å². The maximum Gasteiger partial charge on any atom is 0.161 e. The first kappa shape index (κ1) is 17.2. The van der Waals surface area contributed by atoms with E-state index in [4.69, 9.17) is 18.9 Å². The van der Waals surface area contributed by atoms with Gasteiger partial charge in [0.2, 0.25) is 0 Å². The largest absolute Gasteiger partial charge is 0.497 e. The molecule has 2 aromatic rings. The number of rotatable bonds is 5. The van der Waals surface area contributed by atoms with Crippen molar-refractivity contribution in [2.45, 2.75) is 19.1 Å². The van der Waals surface area contributed by atoms with Crippen LogP contribution < -0.4 is 14.2 Å². The zero-order chi connectivity index (χ0) is 17.8. The van der Waals surface area contributed by atoms with Crippen LogP contribution in [0.5, 0.6) is 17.2 Å². The Hall–Kier alpha value is -2.24. The Morgan fingerprint density at radius 3 is 2.54 bits per heavy atom. The molecule has 5 heteroatoms. The molecule has 0 spiro atoms. The molecular weight excluding hydrogens is 330 g/mol. The monoisotopic (exact) mass is 355 g/mol. The highest BCUT2D eigenvalue weighted by Crippen LogP contribution is 2.31. The second-order valence-corrected chi connectivity index (χ2v) is 6.76. The highest BCUT2D eigenvalue weighted by atomic mass is 16.6. The van der Waals surface area contributed by atoms with Crippen molar-refractivity contribution in [1.82, 2.24) is 4.90 Å². The summed E-state index contributed by atoms with van der Waals surface area (Å²) in [6.45, 7) is 4.80. The van der Waals surface area contributed by atoms with Gasteiger partial charge in [0.05, 0.1) is 19.8 Å². The molecule has 0 aromatic heterocycles. The van der Waals surface area contributed by atoms with Crippen molar-refractivity contribution in [2.24, 2.45) is 0 Å². The van der Waals surface area contributed by atoms with E-state index in [1.807, 2.05) is 18.2 Å². The molecule has 0 saturated carbocycles. The number of hydrogen-bond donors (Lipinski definition) is 0. The number of hydrogen-bond acceptors (Lipinski definition) is 5. The average Bonchev–Trinajstić information content (AvgIpc) is 2.69. The first-order valence-corrected chi connectivity index (χ1v) is 9.15. The van der Waals surface area contributed by atoms with E-state index < -0.39 is 0 Å². The smallest absolute Gasteiger partial charge is 0.161 e. The quantitative estimate of drug-likeness (QED) is 0.825. The Labute approximate surface area is 154 Å². The summed E-state index contributed by atoms with van der Waals surface area (Å²) in [5.74, 6) is 2.59. The number of methoxy groups -OCH3 is 1. The molecule has 2 aliphatic rings. The Bertz CT molecular complexity index is 731. The normalized spacial score (nSPS) is 20.0. The third-order valence-electron chi connectivity index (χ3n) is 4.86. The summed E-state index contributed by atoms with van der Waals surface area (Å²) in [6, 6.07) is 14.5. The van der Waals surface area contributed by atoms with E-state index in [0.717, 1.165) is 49.9 Å². The highest BCUT2D eigenvalue weighted by Gasteiger charge is 2.21. The van der Waals surface area contributed by atoms with Gasteiger partial charge in [0.15, 0.2) is 11.5 Å². The van der Waals surface area contributed by atoms with Crippen LogP contribution in [0.25, 0.3) is 0 Å². The molecule has 0 radical (unpaired) electrons. The van der Waals surface area contributed by atoms with Gasteiger partial charge in [-0.3, -0.25) is 4.90 Å². The summed E-state index contributed by atoms with van der Waals surface area (Å²) in [4.78, 5) is 2.45. The molecular formula is C21H25NO4. The van der Waals surface area contributed by atoms with Crippen molar-refractivity contribution in [3.8, 4) is 17.2 Å². The fourth-order valence-electron chi connectivity index (χ4n) is 3.52. The highest BCUT2D eigenvalue weighted by molar-refractivity contribution is 5.43. The minimum Gasteiger partial charge on any atom is -0.497 e. The minimum absolute atomic E-state index is 0.217. The molecule has 0 unspecified atom stereocenters. The number of benzene rings is 2. The molecule has 2 aliphatic heterocycles. The van der Waals surface area contributed by atoms with E-state index in [-0.39, 0.29) is 6.10 Å². The fraction of sp³-hybridized carbons (Fsp3) is 0.429. The molecule has 1 fully saturated rings. The van der Waals surface area contributed by atoms with E-state index in [1.165, 1.54) is 11.1 Å². The Morgan fingerprint density at radius 2 is 1.73 bits per heavy atom. The lowest BCUT2D eigenvalue weighted by Gasteiger charge is -2.33. The van der Waals surface area contributed by atoms with Crippen molar-refractivity contribution in [3.63, 3.8) is 0 Å². The number of fused-ring (bicyclic) bond motifs is 1. The summed E-state index contributed by atoms with van der Waals surface area (Å²) in [5, 5.41) is 0.